The summed E-state index contributed by atoms with van der Waals surface area (Å²) in [6.45, 7) is 4.76. The number of hydrogen-bond acceptors (Lipinski definition) is 2. The normalized spacial score (nSPS) is 10.1. The second-order valence-electron chi connectivity index (χ2n) is 5.72. The molecule has 0 amide bonds. The first-order valence-electron chi connectivity index (χ1n) is 8.98. The molecule has 0 bridgehead atoms. The third-order valence-corrected chi connectivity index (χ3v) is 3.68. The van der Waals surface area contributed by atoms with Crippen molar-refractivity contribution in [3.63, 3.8) is 0 Å². The Morgan fingerprint density at radius 3 is 1.48 bits per heavy atom. The number of carbonyl (C=O) groups is 1. The van der Waals surface area contributed by atoms with Crippen molar-refractivity contribution in [2.45, 2.75) is 104 Å². The van der Waals surface area contributed by atoms with E-state index in [1.807, 2.05) is 0 Å². The highest BCUT2D eigenvalue weighted by atomic mass is 35.5. The van der Waals surface area contributed by atoms with E-state index in [1.54, 1.807) is 0 Å². The van der Waals surface area contributed by atoms with Gasteiger partial charge in [-0.2, -0.15) is 0 Å². The van der Waals surface area contributed by atoms with Gasteiger partial charge in [0.2, 0.25) is 5.24 Å². The number of unbranched alkanes of at least 4 members (excludes halogenated alkanes) is 11. The van der Waals surface area contributed by atoms with Crippen LogP contribution in [0, 0.1) is 0 Å². The lowest BCUT2D eigenvalue weighted by atomic mass is 10.1. The summed E-state index contributed by atoms with van der Waals surface area (Å²) in [5.74, 6) is 0. The molecule has 0 aromatic heterocycles. The Balaban J connectivity index is 0. The monoisotopic (exact) mass is 320 g/mol. The topological polar surface area (TPSA) is 37.3 Å². The van der Waals surface area contributed by atoms with Crippen molar-refractivity contribution >= 4 is 16.8 Å². The molecule has 0 aromatic rings. The zero-order valence-electron chi connectivity index (χ0n) is 14.3. The summed E-state index contributed by atoms with van der Waals surface area (Å²) in [4.78, 5) is 10.4. The molecule has 0 aliphatic rings. The Morgan fingerprint density at radius 1 is 0.714 bits per heavy atom. The predicted molar refractivity (Wildman–Crippen MR) is 93.9 cm³/mol. The summed E-state index contributed by atoms with van der Waals surface area (Å²) in [5, 5.41) is 8.11. The Bertz CT molecular complexity index is 192. The lowest BCUT2D eigenvalue weighted by molar-refractivity contribution is -0.111. The van der Waals surface area contributed by atoms with Gasteiger partial charge in [-0.25, -0.2) is 0 Å². The molecule has 0 aliphatic heterocycles. The maximum Gasteiger partial charge on any atom is 0.221 e. The molecule has 0 heterocycles. The molecule has 1 N–H and O–H groups in total. The zero-order valence-corrected chi connectivity index (χ0v) is 15.1. The fourth-order valence-corrected chi connectivity index (χ4v) is 2.25. The van der Waals surface area contributed by atoms with Crippen LogP contribution >= 0.6 is 11.6 Å². The molecule has 0 aromatic carbocycles. The van der Waals surface area contributed by atoms with Crippen LogP contribution < -0.4 is 0 Å². The fourth-order valence-electron chi connectivity index (χ4n) is 2.11. The summed E-state index contributed by atoms with van der Waals surface area (Å²) in [6.07, 6.45) is 16.8. The van der Waals surface area contributed by atoms with Gasteiger partial charge in [0.15, 0.2) is 0 Å². The number of aliphatic hydroxyl groups is 1. The van der Waals surface area contributed by atoms with Crippen LogP contribution in [0.3, 0.4) is 0 Å². The van der Waals surface area contributed by atoms with Crippen LogP contribution in [-0.2, 0) is 4.79 Å². The number of hydrogen-bond donors (Lipinski definition) is 1. The van der Waals surface area contributed by atoms with E-state index in [4.69, 9.17) is 16.7 Å². The SMILES string of the molecule is CCCCCCCCCCCC(=O)Cl.CCCCCCO. The summed E-state index contributed by atoms with van der Waals surface area (Å²) in [5.41, 5.74) is 0. The molecule has 21 heavy (non-hydrogen) atoms. The second-order valence-corrected chi connectivity index (χ2v) is 6.14. The van der Waals surface area contributed by atoms with E-state index in [1.165, 1.54) is 64.2 Å². The van der Waals surface area contributed by atoms with Crippen molar-refractivity contribution in [2.75, 3.05) is 6.61 Å². The molecule has 0 saturated carbocycles. The minimum atomic E-state index is -0.187. The minimum absolute atomic E-state index is 0.187. The summed E-state index contributed by atoms with van der Waals surface area (Å²) < 4.78 is 0. The number of halogens is 1. The largest absolute Gasteiger partial charge is 0.396 e. The second kappa shape index (κ2) is 22.2. The number of aliphatic hydroxyl groups excluding tert-OH is 1. The smallest absolute Gasteiger partial charge is 0.221 e. The van der Waals surface area contributed by atoms with Gasteiger partial charge < -0.3 is 5.11 Å². The predicted octanol–water partition coefficient (Wildman–Crippen LogP) is 6.23. The first-order chi connectivity index (χ1) is 10.2. The first kappa shape index (κ1) is 23.2. The lowest BCUT2D eigenvalue weighted by Gasteiger charge is -2.00. The van der Waals surface area contributed by atoms with E-state index < -0.39 is 0 Å². The first-order valence-corrected chi connectivity index (χ1v) is 9.36. The van der Waals surface area contributed by atoms with E-state index >= 15 is 0 Å². The van der Waals surface area contributed by atoms with Gasteiger partial charge in [-0.15, -0.1) is 0 Å². The highest BCUT2D eigenvalue weighted by Gasteiger charge is 1.95. The highest BCUT2D eigenvalue weighted by molar-refractivity contribution is 6.63. The Morgan fingerprint density at radius 2 is 1.10 bits per heavy atom. The third kappa shape index (κ3) is 28.7. The standard InChI is InChI=1S/C12H23ClO.C6H14O/c1-2-3-4-5-6-7-8-9-10-11-12(13)14;1-2-3-4-5-6-7/h2-11H2,1H3;7H,2-6H2,1H3. The molecule has 0 spiro atoms. The molecule has 0 radical (unpaired) electrons. The maximum absolute atomic E-state index is 10.4. The average molecular weight is 321 g/mol. The lowest BCUT2D eigenvalue weighted by Crippen LogP contribution is -1.86. The van der Waals surface area contributed by atoms with Crippen LogP contribution in [0.5, 0.6) is 0 Å². The van der Waals surface area contributed by atoms with Crippen molar-refractivity contribution in [2.24, 2.45) is 0 Å². The minimum Gasteiger partial charge on any atom is -0.396 e. The van der Waals surface area contributed by atoms with Crippen LogP contribution in [-0.4, -0.2) is 17.0 Å². The van der Waals surface area contributed by atoms with Gasteiger partial charge in [0.1, 0.15) is 0 Å². The molecule has 0 atom stereocenters. The molecule has 128 valence electrons. The van der Waals surface area contributed by atoms with Gasteiger partial charge in [-0.3, -0.25) is 4.79 Å². The van der Waals surface area contributed by atoms with E-state index in [-0.39, 0.29) is 5.24 Å². The molecule has 0 rings (SSSR count). The molecular formula is C18H37ClO2. The van der Waals surface area contributed by atoms with Crippen LogP contribution in [0.2, 0.25) is 0 Å². The van der Waals surface area contributed by atoms with Gasteiger partial charge in [0.25, 0.3) is 0 Å². The maximum atomic E-state index is 10.4. The van der Waals surface area contributed by atoms with Gasteiger partial charge in [0.05, 0.1) is 0 Å². The van der Waals surface area contributed by atoms with Gasteiger partial charge in [-0.1, -0.05) is 84.5 Å². The summed E-state index contributed by atoms with van der Waals surface area (Å²) >= 11 is 5.24. The fraction of sp³-hybridized carbons (Fsp3) is 0.944. The summed E-state index contributed by atoms with van der Waals surface area (Å²) in [6, 6.07) is 0. The van der Waals surface area contributed by atoms with Crippen LogP contribution in [0.1, 0.15) is 104 Å². The van der Waals surface area contributed by atoms with E-state index in [0.717, 1.165) is 19.3 Å². The highest BCUT2D eigenvalue weighted by Crippen LogP contribution is 2.10. The number of rotatable bonds is 14. The number of carbonyl (C=O) groups excluding carboxylic acids is 1. The molecule has 2 nitrogen and oxygen atoms in total. The molecule has 0 saturated heterocycles. The van der Waals surface area contributed by atoms with Gasteiger partial charge in [0, 0.05) is 13.0 Å². The molecule has 0 unspecified atom stereocenters. The molecule has 0 aliphatic carbocycles. The quantitative estimate of drug-likeness (QED) is 0.304. The van der Waals surface area contributed by atoms with Crippen LogP contribution in [0.25, 0.3) is 0 Å². The van der Waals surface area contributed by atoms with Gasteiger partial charge >= 0.3 is 0 Å². The van der Waals surface area contributed by atoms with Crippen LogP contribution in [0.4, 0.5) is 0 Å². The van der Waals surface area contributed by atoms with Crippen molar-refractivity contribution in [1.82, 2.24) is 0 Å². The average Bonchev–Trinajstić information content (AvgIpc) is 2.46. The van der Waals surface area contributed by atoms with Crippen LogP contribution in [0.15, 0.2) is 0 Å². The molecular weight excluding hydrogens is 284 g/mol. The van der Waals surface area contributed by atoms with Gasteiger partial charge in [-0.05, 0) is 24.4 Å². The third-order valence-electron chi connectivity index (χ3n) is 3.49. The van der Waals surface area contributed by atoms with Crippen molar-refractivity contribution < 1.29 is 9.90 Å². The Hall–Kier alpha value is -0.0800. The van der Waals surface area contributed by atoms with E-state index in [0.29, 0.717) is 13.0 Å². The summed E-state index contributed by atoms with van der Waals surface area (Å²) in [7, 11) is 0. The van der Waals surface area contributed by atoms with Crippen molar-refractivity contribution in [3.8, 4) is 0 Å². The van der Waals surface area contributed by atoms with Crippen molar-refractivity contribution in [3.05, 3.63) is 0 Å². The Labute approximate surface area is 137 Å². The molecule has 3 heteroatoms. The Kier molecular flexibility index (Phi) is 24.5. The zero-order chi connectivity index (χ0) is 16.2. The molecule has 0 fully saturated rings. The van der Waals surface area contributed by atoms with E-state index in [9.17, 15) is 4.79 Å². The van der Waals surface area contributed by atoms with Crippen molar-refractivity contribution in [1.29, 1.82) is 0 Å². The van der Waals surface area contributed by atoms with E-state index in [2.05, 4.69) is 13.8 Å².